The third-order valence-corrected chi connectivity index (χ3v) is 3.75. The van der Waals surface area contributed by atoms with Gasteiger partial charge in [0, 0.05) is 19.5 Å². The second kappa shape index (κ2) is 5.60. The van der Waals surface area contributed by atoms with E-state index < -0.39 is 0 Å². The highest BCUT2D eigenvalue weighted by Crippen LogP contribution is 2.31. The third-order valence-electron chi connectivity index (χ3n) is 3.75. The Kier molecular flexibility index (Phi) is 4.13. The highest BCUT2D eigenvalue weighted by Gasteiger charge is 2.30. The standard InChI is InChI=1S/C13H22N2O/c1-10-4-2-3-5-12(10)13(6-7-14)16-11-8-15-9-11/h2-3,7,10-15H,4-6,8-9H2,1H3/t10?,12-,13-/m1/s1. The summed E-state index contributed by atoms with van der Waals surface area (Å²) in [7, 11) is 0. The van der Waals surface area contributed by atoms with E-state index >= 15 is 0 Å². The minimum Gasteiger partial charge on any atom is -0.372 e. The SMILES string of the molecule is CC1CC=CC[C@H]1[C@@H](CC=N)OC1CNC1. The van der Waals surface area contributed by atoms with Crippen LogP contribution >= 0.6 is 0 Å². The maximum absolute atomic E-state index is 7.30. The summed E-state index contributed by atoms with van der Waals surface area (Å²) < 4.78 is 6.09. The van der Waals surface area contributed by atoms with Gasteiger partial charge in [0.25, 0.3) is 0 Å². The lowest BCUT2D eigenvalue weighted by Crippen LogP contribution is -2.51. The van der Waals surface area contributed by atoms with E-state index in [0.29, 0.717) is 17.9 Å². The Bertz CT molecular complexity index is 261. The molecule has 0 radical (unpaired) electrons. The Morgan fingerprint density at radius 3 is 2.75 bits per heavy atom. The van der Waals surface area contributed by atoms with Crippen LogP contribution in [-0.2, 0) is 4.74 Å². The number of hydrogen-bond donors (Lipinski definition) is 2. The van der Waals surface area contributed by atoms with Gasteiger partial charge < -0.3 is 15.5 Å². The molecule has 3 heteroatoms. The van der Waals surface area contributed by atoms with Gasteiger partial charge in [-0.2, -0.15) is 0 Å². The molecule has 1 fully saturated rings. The number of allylic oxidation sites excluding steroid dienone is 2. The summed E-state index contributed by atoms with van der Waals surface area (Å²) in [6, 6.07) is 0. The van der Waals surface area contributed by atoms with Gasteiger partial charge in [-0.15, -0.1) is 0 Å². The fourth-order valence-corrected chi connectivity index (χ4v) is 2.54. The Hall–Kier alpha value is -0.670. The smallest absolute Gasteiger partial charge is 0.0827 e. The molecular formula is C13H22N2O. The van der Waals surface area contributed by atoms with Gasteiger partial charge in [0.1, 0.15) is 0 Å². The molecule has 0 aromatic heterocycles. The van der Waals surface area contributed by atoms with Crippen LogP contribution in [0.3, 0.4) is 0 Å². The molecule has 16 heavy (non-hydrogen) atoms. The zero-order valence-electron chi connectivity index (χ0n) is 9.99. The monoisotopic (exact) mass is 222 g/mol. The molecule has 0 bridgehead atoms. The molecule has 1 heterocycles. The lowest BCUT2D eigenvalue weighted by molar-refractivity contribution is -0.0701. The molecule has 0 spiro atoms. The van der Waals surface area contributed by atoms with Crippen molar-refractivity contribution >= 4 is 6.21 Å². The van der Waals surface area contributed by atoms with Crippen LogP contribution in [0.4, 0.5) is 0 Å². The molecule has 90 valence electrons. The van der Waals surface area contributed by atoms with Gasteiger partial charge in [-0.25, -0.2) is 0 Å². The van der Waals surface area contributed by atoms with Crippen molar-refractivity contribution in [1.29, 1.82) is 5.41 Å². The van der Waals surface area contributed by atoms with Crippen LogP contribution in [0.1, 0.15) is 26.2 Å². The van der Waals surface area contributed by atoms with Crippen LogP contribution in [0.15, 0.2) is 12.2 Å². The van der Waals surface area contributed by atoms with Crippen LogP contribution < -0.4 is 5.32 Å². The minimum absolute atomic E-state index is 0.240. The van der Waals surface area contributed by atoms with Gasteiger partial charge in [0.05, 0.1) is 12.2 Å². The van der Waals surface area contributed by atoms with Crippen molar-refractivity contribution in [2.24, 2.45) is 11.8 Å². The first-order valence-corrected chi connectivity index (χ1v) is 6.31. The van der Waals surface area contributed by atoms with Crippen molar-refractivity contribution in [1.82, 2.24) is 5.32 Å². The largest absolute Gasteiger partial charge is 0.372 e. The van der Waals surface area contributed by atoms with Crippen LogP contribution in [0.5, 0.6) is 0 Å². The average Bonchev–Trinajstić information content (AvgIpc) is 2.23. The topological polar surface area (TPSA) is 45.1 Å². The van der Waals surface area contributed by atoms with Gasteiger partial charge >= 0.3 is 0 Å². The average molecular weight is 222 g/mol. The summed E-state index contributed by atoms with van der Waals surface area (Å²) in [4.78, 5) is 0. The zero-order valence-corrected chi connectivity index (χ0v) is 9.99. The van der Waals surface area contributed by atoms with Gasteiger partial charge in [-0.05, 0) is 30.9 Å². The minimum atomic E-state index is 0.240. The summed E-state index contributed by atoms with van der Waals surface area (Å²) in [6.07, 6.45) is 9.69. The molecule has 2 N–H and O–H groups in total. The third kappa shape index (κ3) is 2.71. The van der Waals surface area contributed by atoms with E-state index in [1.54, 1.807) is 0 Å². The molecule has 0 saturated carbocycles. The van der Waals surface area contributed by atoms with E-state index in [1.807, 2.05) is 0 Å². The second-order valence-electron chi connectivity index (χ2n) is 4.98. The Morgan fingerprint density at radius 2 is 2.19 bits per heavy atom. The highest BCUT2D eigenvalue weighted by molar-refractivity contribution is 5.53. The first-order chi connectivity index (χ1) is 7.81. The zero-order chi connectivity index (χ0) is 11.4. The molecule has 0 amide bonds. The van der Waals surface area contributed by atoms with Crippen molar-refractivity contribution in [3.8, 4) is 0 Å². The van der Waals surface area contributed by atoms with Crippen molar-refractivity contribution < 1.29 is 4.74 Å². The van der Waals surface area contributed by atoms with E-state index in [-0.39, 0.29) is 6.10 Å². The number of ether oxygens (including phenoxy) is 1. The maximum atomic E-state index is 7.30. The summed E-state index contributed by atoms with van der Waals surface area (Å²) in [6.45, 7) is 4.25. The molecule has 0 aromatic rings. The van der Waals surface area contributed by atoms with Crippen LogP contribution in [-0.4, -0.2) is 31.5 Å². The van der Waals surface area contributed by atoms with E-state index in [2.05, 4.69) is 24.4 Å². The predicted molar refractivity (Wildman–Crippen MR) is 66.0 cm³/mol. The Labute approximate surface area is 97.8 Å². The summed E-state index contributed by atoms with van der Waals surface area (Å²) in [5.74, 6) is 1.27. The number of hydrogen-bond acceptors (Lipinski definition) is 3. The number of nitrogens with one attached hydrogen (secondary N) is 2. The second-order valence-corrected chi connectivity index (χ2v) is 4.98. The first-order valence-electron chi connectivity index (χ1n) is 6.31. The maximum Gasteiger partial charge on any atom is 0.0827 e. The molecule has 2 rings (SSSR count). The van der Waals surface area contributed by atoms with Crippen molar-refractivity contribution in [3.05, 3.63) is 12.2 Å². The summed E-state index contributed by atoms with van der Waals surface area (Å²) in [5, 5.41) is 10.5. The van der Waals surface area contributed by atoms with Gasteiger partial charge in [-0.3, -0.25) is 0 Å². The predicted octanol–water partition coefficient (Wildman–Crippen LogP) is 1.99. The van der Waals surface area contributed by atoms with Crippen LogP contribution in [0, 0.1) is 17.2 Å². The fourth-order valence-electron chi connectivity index (χ4n) is 2.54. The van der Waals surface area contributed by atoms with Crippen LogP contribution in [0.25, 0.3) is 0 Å². The Morgan fingerprint density at radius 1 is 1.44 bits per heavy atom. The van der Waals surface area contributed by atoms with Crippen molar-refractivity contribution in [3.63, 3.8) is 0 Å². The normalized spacial score (nSPS) is 32.1. The lowest BCUT2D eigenvalue weighted by atomic mass is 9.79. The van der Waals surface area contributed by atoms with Crippen molar-refractivity contribution in [2.45, 2.75) is 38.4 Å². The first kappa shape index (κ1) is 11.8. The molecule has 1 saturated heterocycles. The van der Waals surface area contributed by atoms with Gasteiger partial charge in [0.15, 0.2) is 0 Å². The fraction of sp³-hybridized carbons (Fsp3) is 0.769. The quantitative estimate of drug-likeness (QED) is 0.552. The van der Waals surface area contributed by atoms with Crippen LogP contribution in [0.2, 0.25) is 0 Å². The molecule has 2 aliphatic rings. The molecule has 1 aliphatic carbocycles. The van der Waals surface area contributed by atoms with E-state index in [1.165, 1.54) is 6.21 Å². The molecular weight excluding hydrogens is 200 g/mol. The van der Waals surface area contributed by atoms with Gasteiger partial charge in [-0.1, -0.05) is 19.1 Å². The Balaban J connectivity index is 1.93. The molecule has 1 aliphatic heterocycles. The summed E-state index contributed by atoms with van der Waals surface area (Å²) in [5.41, 5.74) is 0. The number of rotatable bonds is 5. The molecule has 3 nitrogen and oxygen atoms in total. The summed E-state index contributed by atoms with van der Waals surface area (Å²) >= 11 is 0. The molecule has 3 atom stereocenters. The van der Waals surface area contributed by atoms with Gasteiger partial charge in [0.2, 0.25) is 0 Å². The van der Waals surface area contributed by atoms with E-state index in [4.69, 9.17) is 10.1 Å². The van der Waals surface area contributed by atoms with E-state index in [9.17, 15) is 0 Å². The molecule has 1 unspecified atom stereocenters. The van der Waals surface area contributed by atoms with E-state index in [0.717, 1.165) is 32.4 Å². The lowest BCUT2D eigenvalue weighted by Gasteiger charge is -2.37. The highest BCUT2D eigenvalue weighted by atomic mass is 16.5. The molecule has 0 aromatic carbocycles. The van der Waals surface area contributed by atoms with Crippen molar-refractivity contribution in [2.75, 3.05) is 13.1 Å².